The van der Waals surface area contributed by atoms with E-state index in [4.69, 9.17) is 16.3 Å². The zero-order chi connectivity index (χ0) is 19.0. The zero-order valence-corrected chi connectivity index (χ0v) is 14.8. The third-order valence-electron chi connectivity index (χ3n) is 4.47. The van der Waals surface area contributed by atoms with Gasteiger partial charge in [0.25, 0.3) is 0 Å². The number of nitrogens with zero attached hydrogens (tertiary/aromatic N) is 4. The molecule has 0 bridgehead atoms. The lowest BCUT2D eigenvalue weighted by Gasteiger charge is -2.23. The Bertz CT molecular complexity index is 969. The summed E-state index contributed by atoms with van der Waals surface area (Å²) < 4.78 is 46.6. The number of ether oxygens (including phenoxy) is 1. The molecule has 6 nitrogen and oxygen atoms in total. The average Bonchev–Trinajstić information content (AvgIpc) is 3.08. The maximum atomic E-state index is 13.0. The lowest BCUT2D eigenvalue weighted by atomic mass is 10.1. The fraction of sp³-hybridized carbons (Fsp3) is 0.353. The maximum Gasteiger partial charge on any atom is 0.417 e. The highest BCUT2D eigenvalue weighted by Gasteiger charge is 2.33. The molecule has 0 spiro atoms. The van der Waals surface area contributed by atoms with Crippen LogP contribution in [0.3, 0.4) is 0 Å². The molecule has 3 heterocycles. The van der Waals surface area contributed by atoms with Crippen molar-refractivity contribution >= 4 is 22.6 Å². The van der Waals surface area contributed by atoms with Crippen LogP contribution in [0.4, 0.5) is 13.2 Å². The molecule has 1 aliphatic rings. The van der Waals surface area contributed by atoms with E-state index in [0.29, 0.717) is 11.0 Å². The number of fused-ring (bicyclic) bond motifs is 1. The van der Waals surface area contributed by atoms with Gasteiger partial charge in [-0.05, 0) is 44.1 Å². The molecule has 0 unspecified atom stereocenters. The molecule has 142 valence electrons. The van der Waals surface area contributed by atoms with E-state index in [0.717, 1.165) is 38.1 Å². The molecule has 0 atom stereocenters. The lowest BCUT2D eigenvalue weighted by molar-refractivity contribution is -0.137. The monoisotopic (exact) mass is 397 g/mol. The molecule has 0 saturated carbocycles. The van der Waals surface area contributed by atoms with Crippen LogP contribution in [0.15, 0.2) is 30.7 Å². The number of aromatic nitrogens is 4. The van der Waals surface area contributed by atoms with Gasteiger partial charge in [-0.2, -0.15) is 18.3 Å². The second-order valence-corrected chi connectivity index (χ2v) is 6.64. The molecule has 0 radical (unpaired) electrons. The Morgan fingerprint density at radius 3 is 2.70 bits per heavy atom. The largest absolute Gasteiger partial charge is 0.438 e. The first kappa shape index (κ1) is 18.0. The van der Waals surface area contributed by atoms with Crippen molar-refractivity contribution in [3.63, 3.8) is 0 Å². The van der Waals surface area contributed by atoms with Crippen molar-refractivity contribution in [3.05, 3.63) is 41.3 Å². The third kappa shape index (κ3) is 3.57. The summed E-state index contributed by atoms with van der Waals surface area (Å²) in [6.07, 6.45) is 0.161. The number of halogens is 4. The van der Waals surface area contributed by atoms with E-state index in [1.54, 1.807) is 6.20 Å². The first-order valence-electron chi connectivity index (χ1n) is 8.37. The molecule has 1 aliphatic heterocycles. The van der Waals surface area contributed by atoms with E-state index in [1.807, 2.05) is 4.68 Å². The Balaban J connectivity index is 1.68. The van der Waals surface area contributed by atoms with E-state index in [9.17, 15) is 13.2 Å². The fourth-order valence-electron chi connectivity index (χ4n) is 3.14. The van der Waals surface area contributed by atoms with Crippen molar-refractivity contribution in [2.45, 2.75) is 25.1 Å². The van der Waals surface area contributed by atoms with Gasteiger partial charge in [0.05, 0.1) is 22.8 Å². The van der Waals surface area contributed by atoms with Gasteiger partial charge in [-0.1, -0.05) is 11.6 Å². The van der Waals surface area contributed by atoms with Crippen molar-refractivity contribution in [1.29, 1.82) is 0 Å². The Labute approximate surface area is 157 Å². The highest BCUT2D eigenvalue weighted by Crippen LogP contribution is 2.38. The van der Waals surface area contributed by atoms with Crippen LogP contribution in [-0.4, -0.2) is 32.8 Å². The Morgan fingerprint density at radius 2 is 1.96 bits per heavy atom. The first-order chi connectivity index (χ1) is 12.9. The molecule has 1 saturated heterocycles. The summed E-state index contributed by atoms with van der Waals surface area (Å²) in [6.45, 7) is 1.79. The van der Waals surface area contributed by atoms with Crippen LogP contribution >= 0.6 is 11.6 Å². The minimum atomic E-state index is -4.57. The second kappa shape index (κ2) is 6.97. The zero-order valence-electron chi connectivity index (χ0n) is 14.0. The molecule has 10 heteroatoms. The molecule has 1 aromatic carbocycles. The number of rotatable bonds is 3. The summed E-state index contributed by atoms with van der Waals surface area (Å²) in [5.41, 5.74) is -0.366. The molecule has 27 heavy (non-hydrogen) atoms. The van der Waals surface area contributed by atoms with E-state index in [1.165, 1.54) is 12.4 Å². The van der Waals surface area contributed by atoms with Crippen molar-refractivity contribution in [1.82, 2.24) is 25.1 Å². The van der Waals surface area contributed by atoms with Gasteiger partial charge in [0, 0.05) is 0 Å². The van der Waals surface area contributed by atoms with Gasteiger partial charge in [0.1, 0.15) is 17.5 Å². The summed E-state index contributed by atoms with van der Waals surface area (Å²) in [4.78, 5) is 8.34. The van der Waals surface area contributed by atoms with E-state index in [-0.39, 0.29) is 22.7 Å². The molecule has 1 N–H and O–H groups in total. The first-order valence-corrected chi connectivity index (χ1v) is 8.75. The molecular weight excluding hydrogens is 383 g/mol. The number of benzene rings is 1. The molecule has 3 aromatic rings. The summed E-state index contributed by atoms with van der Waals surface area (Å²) in [7, 11) is 0. The Hall–Kier alpha value is -2.39. The van der Waals surface area contributed by atoms with E-state index < -0.39 is 11.7 Å². The minimum absolute atomic E-state index is 0.0126. The molecule has 1 fully saturated rings. The molecule has 0 amide bonds. The summed E-state index contributed by atoms with van der Waals surface area (Å²) >= 11 is 5.65. The molecule has 2 aromatic heterocycles. The van der Waals surface area contributed by atoms with Crippen molar-refractivity contribution in [2.24, 2.45) is 0 Å². The summed E-state index contributed by atoms with van der Waals surface area (Å²) in [6, 6.07) is 3.58. The van der Waals surface area contributed by atoms with Crippen molar-refractivity contribution in [3.8, 4) is 11.6 Å². The van der Waals surface area contributed by atoms with E-state index in [2.05, 4.69) is 20.4 Å². The third-order valence-corrected chi connectivity index (χ3v) is 4.80. The Morgan fingerprint density at radius 1 is 1.19 bits per heavy atom. The van der Waals surface area contributed by atoms with Crippen LogP contribution in [0, 0.1) is 0 Å². The predicted molar refractivity (Wildman–Crippen MR) is 93.0 cm³/mol. The molecule has 4 rings (SSSR count). The van der Waals surface area contributed by atoms with Crippen molar-refractivity contribution in [2.75, 3.05) is 13.1 Å². The molecule has 0 aliphatic carbocycles. The van der Waals surface area contributed by atoms with Gasteiger partial charge in [0.2, 0.25) is 5.88 Å². The van der Waals surface area contributed by atoms with Crippen LogP contribution < -0.4 is 10.1 Å². The van der Waals surface area contributed by atoms with Gasteiger partial charge < -0.3 is 10.1 Å². The summed E-state index contributed by atoms with van der Waals surface area (Å²) in [5, 5.41) is 7.84. The normalized spacial score (nSPS) is 16.0. The lowest BCUT2D eigenvalue weighted by Crippen LogP contribution is -2.29. The van der Waals surface area contributed by atoms with Gasteiger partial charge in [-0.3, -0.25) is 0 Å². The quantitative estimate of drug-likeness (QED) is 0.717. The van der Waals surface area contributed by atoms with Crippen LogP contribution in [-0.2, 0) is 6.18 Å². The van der Waals surface area contributed by atoms with Crippen LogP contribution in [0.2, 0.25) is 5.02 Å². The van der Waals surface area contributed by atoms with Gasteiger partial charge >= 0.3 is 6.18 Å². The highest BCUT2D eigenvalue weighted by molar-refractivity contribution is 6.31. The topological polar surface area (TPSA) is 64.9 Å². The van der Waals surface area contributed by atoms with Crippen LogP contribution in [0.1, 0.15) is 24.4 Å². The average molecular weight is 398 g/mol. The van der Waals surface area contributed by atoms with Crippen LogP contribution in [0.5, 0.6) is 11.6 Å². The number of nitrogens with one attached hydrogen (secondary N) is 1. The maximum absolute atomic E-state index is 13.0. The van der Waals surface area contributed by atoms with Gasteiger partial charge in [-0.25, -0.2) is 14.6 Å². The highest BCUT2D eigenvalue weighted by atomic mass is 35.5. The SMILES string of the molecule is FC(F)(F)c1cc(Oc2ncnc3c2cnn3C2CCNCC2)ccc1Cl. The van der Waals surface area contributed by atoms with Gasteiger partial charge in [0.15, 0.2) is 5.65 Å². The molecular formula is C17H15ClF3N5O. The number of alkyl halides is 3. The van der Waals surface area contributed by atoms with Crippen LogP contribution in [0.25, 0.3) is 11.0 Å². The van der Waals surface area contributed by atoms with Crippen molar-refractivity contribution < 1.29 is 17.9 Å². The number of hydrogen-bond donors (Lipinski definition) is 1. The van der Waals surface area contributed by atoms with E-state index >= 15 is 0 Å². The Kier molecular flexibility index (Phi) is 4.65. The number of hydrogen-bond acceptors (Lipinski definition) is 5. The standard InChI is InChI=1S/C17H15ClF3N5O/c18-14-2-1-11(7-13(14)17(19,20)21)27-16-12-8-25-26(15(12)23-9-24-16)10-3-5-22-6-4-10/h1-2,7-10,22H,3-6H2. The fourth-order valence-corrected chi connectivity index (χ4v) is 3.36. The number of piperidine rings is 1. The second-order valence-electron chi connectivity index (χ2n) is 6.23. The summed E-state index contributed by atoms with van der Waals surface area (Å²) in [5.74, 6) is 0.136. The smallest absolute Gasteiger partial charge is 0.417 e. The predicted octanol–water partition coefficient (Wildman–Crippen LogP) is 4.22. The minimum Gasteiger partial charge on any atom is -0.438 e. The van der Waals surface area contributed by atoms with Gasteiger partial charge in [-0.15, -0.1) is 0 Å².